The molecule has 0 aromatic carbocycles. The molecule has 2 nitrogen and oxygen atoms in total. The van der Waals surface area contributed by atoms with Gasteiger partial charge >= 0.3 is 0 Å². The first-order valence-corrected chi connectivity index (χ1v) is 7.07. The Morgan fingerprint density at radius 3 is 2.62 bits per heavy atom. The smallest absolute Gasteiger partial charge is 0.223 e. The molecule has 1 aliphatic rings. The van der Waals surface area contributed by atoms with Crippen LogP contribution in [0.25, 0.3) is 0 Å². The molecule has 1 aliphatic carbocycles. The Balaban J connectivity index is 2.43. The average molecular weight is 246 g/mol. The zero-order valence-corrected chi connectivity index (χ0v) is 11.3. The van der Waals surface area contributed by atoms with Crippen molar-refractivity contribution in [3.63, 3.8) is 0 Å². The summed E-state index contributed by atoms with van der Waals surface area (Å²) in [6.45, 7) is 5.15. The number of carbonyl (C=O) groups excluding carboxylic acids is 1. The van der Waals surface area contributed by atoms with Crippen LogP contribution < -0.4 is 0 Å². The number of nitrogens with zero attached hydrogens (tertiary/aromatic N) is 1. The van der Waals surface area contributed by atoms with Gasteiger partial charge in [0, 0.05) is 24.9 Å². The molecule has 1 fully saturated rings. The van der Waals surface area contributed by atoms with Crippen molar-refractivity contribution in [1.82, 2.24) is 4.90 Å². The summed E-state index contributed by atoms with van der Waals surface area (Å²) in [5.41, 5.74) is 0. The Morgan fingerprint density at radius 2 is 2.19 bits per heavy atom. The van der Waals surface area contributed by atoms with E-state index in [9.17, 15) is 4.79 Å². The minimum Gasteiger partial charge on any atom is -0.340 e. The fourth-order valence-electron chi connectivity index (χ4n) is 2.00. The van der Waals surface area contributed by atoms with Crippen LogP contribution in [0.2, 0.25) is 0 Å². The van der Waals surface area contributed by atoms with Crippen LogP contribution >= 0.6 is 11.6 Å². The molecule has 0 heterocycles. The van der Waals surface area contributed by atoms with Crippen LogP contribution in [0, 0.1) is 5.92 Å². The lowest BCUT2D eigenvalue weighted by Crippen LogP contribution is -2.45. The number of rotatable bonds is 7. The van der Waals surface area contributed by atoms with Crippen molar-refractivity contribution >= 4 is 17.5 Å². The highest BCUT2D eigenvalue weighted by Crippen LogP contribution is 2.26. The molecule has 1 unspecified atom stereocenters. The Kier molecular flexibility index (Phi) is 6.18. The van der Waals surface area contributed by atoms with Gasteiger partial charge in [0.25, 0.3) is 0 Å². The van der Waals surface area contributed by atoms with Crippen LogP contribution in [0.5, 0.6) is 0 Å². The first-order valence-electron chi connectivity index (χ1n) is 6.54. The SMILES string of the molecule is CCC(C)CC(=O)N(CCCCl)C1CCC1. The van der Waals surface area contributed by atoms with E-state index in [4.69, 9.17) is 11.6 Å². The van der Waals surface area contributed by atoms with Crippen LogP contribution in [-0.2, 0) is 4.79 Å². The monoisotopic (exact) mass is 245 g/mol. The summed E-state index contributed by atoms with van der Waals surface area (Å²) >= 11 is 5.71. The number of alkyl halides is 1. The molecule has 0 N–H and O–H groups in total. The van der Waals surface area contributed by atoms with Crippen molar-refractivity contribution in [1.29, 1.82) is 0 Å². The van der Waals surface area contributed by atoms with Crippen LogP contribution in [0.4, 0.5) is 0 Å². The summed E-state index contributed by atoms with van der Waals surface area (Å²) < 4.78 is 0. The predicted octanol–water partition coefficient (Wildman–Crippen LogP) is 3.43. The highest BCUT2D eigenvalue weighted by atomic mass is 35.5. The first-order chi connectivity index (χ1) is 7.69. The molecule has 0 bridgehead atoms. The van der Waals surface area contributed by atoms with Gasteiger partial charge in [0.2, 0.25) is 5.91 Å². The van der Waals surface area contributed by atoms with E-state index in [0.717, 1.165) is 19.4 Å². The van der Waals surface area contributed by atoms with E-state index in [1.807, 2.05) is 0 Å². The van der Waals surface area contributed by atoms with Crippen molar-refractivity contribution in [2.24, 2.45) is 5.92 Å². The zero-order chi connectivity index (χ0) is 12.0. The second-order valence-corrected chi connectivity index (χ2v) is 5.31. The van der Waals surface area contributed by atoms with Crippen molar-refractivity contribution in [3.8, 4) is 0 Å². The Bertz CT molecular complexity index is 216. The summed E-state index contributed by atoms with van der Waals surface area (Å²) in [7, 11) is 0. The van der Waals surface area contributed by atoms with E-state index in [1.165, 1.54) is 19.3 Å². The third kappa shape index (κ3) is 3.97. The van der Waals surface area contributed by atoms with Gasteiger partial charge in [0.1, 0.15) is 0 Å². The molecular weight excluding hydrogens is 222 g/mol. The summed E-state index contributed by atoms with van der Waals surface area (Å²) in [6.07, 6.45) is 6.36. The summed E-state index contributed by atoms with van der Waals surface area (Å²) in [5.74, 6) is 1.50. The number of hydrogen-bond acceptors (Lipinski definition) is 1. The topological polar surface area (TPSA) is 20.3 Å². The molecule has 1 atom stereocenters. The largest absolute Gasteiger partial charge is 0.340 e. The van der Waals surface area contributed by atoms with Crippen molar-refractivity contribution in [3.05, 3.63) is 0 Å². The normalized spacial score (nSPS) is 17.9. The molecule has 16 heavy (non-hydrogen) atoms. The molecule has 0 spiro atoms. The Labute approximate surface area is 104 Å². The second-order valence-electron chi connectivity index (χ2n) is 4.93. The van der Waals surface area contributed by atoms with Gasteiger partial charge in [0.15, 0.2) is 0 Å². The summed E-state index contributed by atoms with van der Waals surface area (Å²) in [6, 6.07) is 0.514. The maximum absolute atomic E-state index is 12.1. The van der Waals surface area contributed by atoms with Gasteiger partial charge in [-0.15, -0.1) is 11.6 Å². The van der Waals surface area contributed by atoms with Gasteiger partial charge in [0.05, 0.1) is 0 Å². The average Bonchev–Trinajstić information content (AvgIpc) is 2.20. The molecule has 94 valence electrons. The number of carbonyl (C=O) groups is 1. The molecule has 0 aromatic rings. The lowest BCUT2D eigenvalue weighted by atomic mass is 9.90. The van der Waals surface area contributed by atoms with Crippen molar-refractivity contribution in [2.45, 2.75) is 58.4 Å². The third-order valence-electron chi connectivity index (χ3n) is 3.59. The number of amides is 1. The molecule has 0 radical (unpaired) electrons. The first kappa shape index (κ1) is 13.8. The molecule has 0 saturated heterocycles. The maximum atomic E-state index is 12.1. The van der Waals surface area contributed by atoms with Crippen LogP contribution in [-0.4, -0.2) is 29.3 Å². The molecule has 3 heteroatoms. The van der Waals surface area contributed by atoms with Gasteiger partial charge in [-0.3, -0.25) is 4.79 Å². The predicted molar refractivity (Wildman–Crippen MR) is 68.8 cm³/mol. The summed E-state index contributed by atoms with van der Waals surface area (Å²) in [5, 5.41) is 0. The zero-order valence-electron chi connectivity index (χ0n) is 10.5. The molecule has 1 amide bonds. The number of hydrogen-bond donors (Lipinski definition) is 0. The summed E-state index contributed by atoms with van der Waals surface area (Å²) in [4.78, 5) is 14.2. The van der Waals surface area contributed by atoms with E-state index >= 15 is 0 Å². The van der Waals surface area contributed by atoms with E-state index in [-0.39, 0.29) is 0 Å². The number of halogens is 1. The minimum atomic E-state index is 0.337. The van der Waals surface area contributed by atoms with Crippen LogP contribution in [0.1, 0.15) is 52.4 Å². The maximum Gasteiger partial charge on any atom is 0.223 e. The fourth-order valence-corrected chi connectivity index (χ4v) is 2.12. The lowest BCUT2D eigenvalue weighted by Gasteiger charge is -2.38. The quantitative estimate of drug-likeness (QED) is 0.630. The van der Waals surface area contributed by atoms with E-state index in [2.05, 4.69) is 18.7 Å². The van der Waals surface area contributed by atoms with E-state index < -0.39 is 0 Å². The van der Waals surface area contributed by atoms with Gasteiger partial charge in [-0.1, -0.05) is 20.3 Å². The van der Waals surface area contributed by atoms with Gasteiger partial charge in [-0.05, 0) is 31.6 Å². The Morgan fingerprint density at radius 1 is 1.50 bits per heavy atom. The lowest BCUT2D eigenvalue weighted by molar-refractivity contribution is -0.136. The molecule has 1 saturated carbocycles. The van der Waals surface area contributed by atoms with Crippen molar-refractivity contribution < 1.29 is 4.79 Å². The molecule has 0 aromatic heterocycles. The highest BCUT2D eigenvalue weighted by Gasteiger charge is 2.28. The highest BCUT2D eigenvalue weighted by molar-refractivity contribution is 6.17. The van der Waals surface area contributed by atoms with E-state index in [0.29, 0.717) is 30.2 Å². The van der Waals surface area contributed by atoms with Crippen LogP contribution in [0.3, 0.4) is 0 Å². The van der Waals surface area contributed by atoms with Gasteiger partial charge < -0.3 is 4.90 Å². The molecule has 1 rings (SSSR count). The Hall–Kier alpha value is -0.240. The molecular formula is C13H24ClNO. The van der Waals surface area contributed by atoms with Crippen molar-refractivity contribution in [2.75, 3.05) is 12.4 Å². The third-order valence-corrected chi connectivity index (χ3v) is 3.86. The fraction of sp³-hybridized carbons (Fsp3) is 0.923. The van der Waals surface area contributed by atoms with Gasteiger partial charge in [-0.25, -0.2) is 0 Å². The molecule has 0 aliphatic heterocycles. The second kappa shape index (κ2) is 7.16. The van der Waals surface area contributed by atoms with E-state index in [1.54, 1.807) is 0 Å². The van der Waals surface area contributed by atoms with Crippen LogP contribution in [0.15, 0.2) is 0 Å². The van der Waals surface area contributed by atoms with Gasteiger partial charge in [-0.2, -0.15) is 0 Å². The standard InChI is InChI=1S/C13H24ClNO/c1-3-11(2)10-13(16)15(9-5-8-14)12-6-4-7-12/h11-12H,3-10H2,1-2H3. The minimum absolute atomic E-state index is 0.337.